The van der Waals surface area contributed by atoms with Crippen LogP contribution in [0.1, 0.15) is 23.7 Å². The molecule has 1 aliphatic rings. The molecule has 0 bridgehead atoms. The largest absolute Gasteiger partial charge is 0.462 e. The number of hydrogen-bond donors (Lipinski definition) is 1. The molecule has 4 aromatic rings. The van der Waals surface area contributed by atoms with Gasteiger partial charge in [0.1, 0.15) is 0 Å². The highest BCUT2D eigenvalue weighted by atomic mass is 32.1. The first kappa shape index (κ1) is 21.8. The lowest BCUT2D eigenvalue weighted by molar-refractivity contribution is -0.122. The summed E-state index contributed by atoms with van der Waals surface area (Å²) in [5.74, 6) is -1.21. The third kappa shape index (κ3) is 4.15. The van der Waals surface area contributed by atoms with E-state index in [4.69, 9.17) is 4.74 Å². The van der Waals surface area contributed by atoms with Gasteiger partial charge in [0.25, 0.3) is 0 Å². The van der Waals surface area contributed by atoms with Crippen molar-refractivity contribution < 1.29 is 19.1 Å². The molecule has 2 aromatic carbocycles. The minimum atomic E-state index is -0.535. The van der Waals surface area contributed by atoms with E-state index in [9.17, 15) is 14.4 Å². The van der Waals surface area contributed by atoms with E-state index in [1.54, 1.807) is 40.6 Å². The van der Waals surface area contributed by atoms with Crippen molar-refractivity contribution in [1.29, 1.82) is 0 Å². The zero-order chi connectivity index (χ0) is 23.7. The van der Waals surface area contributed by atoms with Crippen LogP contribution in [0, 0.1) is 5.92 Å². The number of carbonyl (C=O) groups is 3. The van der Waals surface area contributed by atoms with Gasteiger partial charge in [0.2, 0.25) is 22.7 Å². The van der Waals surface area contributed by atoms with Crippen molar-refractivity contribution in [2.24, 2.45) is 5.92 Å². The quantitative estimate of drug-likeness (QED) is 0.427. The lowest BCUT2D eigenvalue weighted by atomic mass is 10.1. The fourth-order valence-electron chi connectivity index (χ4n) is 3.88. The van der Waals surface area contributed by atoms with Gasteiger partial charge in [-0.25, -0.2) is 9.31 Å². The smallest absolute Gasteiger partial charge is 0.338 e. The van der Waals surface area contributed by atoms with Gasteiger partial charge in [0, 0.05) is 29.6 Å². The molecule has 2 aromatic heterocycles. The Balaban J connectivity index is 1.27. The number of amides is 2. The Morgan fingerprint density at radius 3 is 2.65 bits per heavy atom. The van der Waals surface area contributed by atoms with E-state index in [0.717, 1.165) is 11.3 Å². The normalized spacial score (nSPS) is 15.6. The summed E-state index contributed by atoms with van der Waals surface area (Å²) in [5.41, 5.74) is 2.93. The van der Waals surface area contributed by atoms with E-state index >= 15 is 0 Å². The van der Waals surface area contributed by atoms with Crippen molar-refractivity contribution in [2.75, 3.05) is 23.4 Å². The van der Waals surface area contributed by atoms with Gasteiger partial charge in [-0.2, -0.15) is 4.98 Å². The first-order valence-electron chi connectivity index (χ1n) is 10.8. The second-order valence-corrected chi connectivity index (χ2v) is 8.62. The van der Waals surface area contributed by atoms with Crippen LogP contribution in [0.2, 0.25) is 0 Å². The van der Waals surface area contributed by atoms with E-state index in [1.165, 1.54) is 11.3 Å². The molecule has 1 N–H and O–H groups in total. The Labute approximate surface area is 199 Å². The standard InChI is InChI=1S/C24H21N5O4S/c1-2-33-22(32)16-8-10-18(11-9-16)28-13-17(12-20(28)30)21(31)25-23-26-24-29(27-23)19(14-34-24)15-6-4-3-5-7-15/h3-11,14,17H,2,12-13H2,1H3,(H,25,27,31). The van der Waals surface area contributed by atoms with Gasteiger partial charge in [-0.05, 0) is 31.2 Å². The molecule has 2 amide bonds. The summed E-state index contributed by atoms with van der Waals surface area (Å²) in [6.45, 7) is 2.27. The lowest BCUT2D eigenvalue weighted by Crippen LogP contribution is -2.28. The summed E-state index contributed by atoms with van der Waals surface area (Å²) in [4.78, 5) is 43.9. The van der Waals surface area contributed by atoms with Gasteiger partial charge >= 0.3 is 5.97 Å². The highest BCUT2D eigenvalue weighted by Gasteiger charge is 2.35. The molecule has 0 saturated carbocycles. The molecule has 3 heterocycles. The molecule has 1 saturated heterocycles. The first-order chi connectivity index (χ1) is 16.5. The zero-order valence-corrected chi connectivity index (χ0v) is 19.1. The third-order valence-corrected chi connectivity index (χ3v) is 6.39. The maximum atomic E-state index is 12.9. The second-order valence-electron chi connectivity index (χ2n) is 7.78. The van der Waals surface area contributed by atoms with Crippen LogP contribution in [0.15, 0.2) is 60.0 Å². The molecule has 9 nitrogen and oxygen atoms in total. The molecule has 10 heteroatoms. The Hall–Kier alpha value is -4.05. The number of nitrogens with one attached hydrogen (secondary N) is 1. The summed E-state index contributed by atoms with van der Waals surface area (Å²) in [6, 6.07) is 16.4. The number of thiazole rings is 1. The molecular weight excluding hydrogens is 454 g/mol. The summed E-state index contributed by atoms with van der Waals surface area (Å²) in [5, 5.41) is 9.16. The number of carbonyl (C=O) groups excluding carboxylic acids is 3. The Morgan fingerprint density at radius 1 is 1.15 bits per heavy atom. The molecule has 172 valence electrons. The minimum absolute atomic E-state index is 0.0863. The van der Waals surface area contributed by atoms with Crippen LogP contribution in [0.25, 0.3) is 16.2 Å². The average Bonchev–Trinajstić information content (AvgIpc) is 3.54. The molecule has 1 fully saturated rings. The van der Waals surface area contributed by atoms with E-state index in [2.05, 4.69) is 15.4 Å². The van der Waals surface area contributed by atoms with Crippen LogP contribution in [-0.4, -0.2) is 45.5 Å². The summed E-state index contributed by atoms with van der Waals surface area (Å²) < 4.78 is 6.68. The van der Waals surface area contributed by atoms with Crippen molar-refractivity contribution in [3.63, 3.8) is 0 Å². The lowest BCUT2D eigenvalue weighted by Gasteiger charge is -2.16. The average molecular weight is 476 g/mol. The van der Waals surface area contributed by atoms with E-state index in [-0.39, 0.29) is 30.7 Å². The minimum Gasteiger partial charge on any atom is -0.462 e. The monoisotopic (exact) mass is 475 g/mol. The van der Waals surface area contributed by atoms with Gasteiger partial charge in [-0.15, -0.1) is 16.4 Å². The van der Waals surface area contributed by atoms with Gasteiger partial charge in [0.15, 0.2) is 0 Å². The van der Waals surface area contributed by atoms with Crippen molar-refractivity contribution in [3.05, 3.63) is 65.5 Å². The van der Waals surface area contributed by atoms with Crippen LogP contribution in [0.3, 0.4) is 0 Å². The zero-order valence-electron chi connectivity index (χ0n) is 18.3. The van der Waals surface area contributed by atoms with Crippen LogP contribution in [0.5, 0.6) is 0 Å². The number of fused-ring (bicyclic) bond motifs is 1. The predicted octanol–water partition coefficient (Wildman–Crippen LogP) is 3.63. The molecular formula is C24H21N5O4S. The maximum Gasteiger partial charge on any atom is 0.338 e. The molecule has 1 aliphatic heterocycles. The molecule has 0 radical (unpaired) electrons. The Bertz CT molecular complexity index is 1360. The van der Waals surface area contributed by atoms with Gasteiger partial charge in [-0.1, -0.05) is 30.3 Å². The fraction of sp³-hybridized carbons (Fsp3) is 0.208. The number of ether oxygens (including phenoxy) is 1. The van der Waals surface area contributed by atoms with Gasteiger partial charge in [0.05, 0.1) is 23.8 Å². The molecule has 5 rings (SSSR count). The molecule has 1 atom stereocenters. The first-order valence-corrected chi connectivity index (χ1v) is 11.7. The molecule has 0 spiro atoms. The molecule has 34 heavy (non-hydrogen) atoms. The number of hydrogen-bond acceptors (Lipinski definition) is 7. The van der Waals surface area contributed by atoms with Crippen molar-refractivity contribution in [1.82, 2.24) is 14.6 Å². The number of rotatable bonds is 6. The highest BCUT2D eigenvalue weighted by Crippen LogP contribution is 2.28. The summed E-state index contributed by atoms with van der Waals surface area (Å²) in [6.07, 6.45) is 0.0863. The number of anilines is 2. The van der Waals surface area contributed by atoms with E-state index < -0.39 is 11.9 Å². The Kier molecular flexibility index (Phi) is 5.81. The van der Waals surface area contributed by atoms with E-state index in [1.807, 2.05) is 35.7 Å². The van der Waals surface area contributed by atoms with Crippen molar-refractivity contribution >= 4 is 45.7 Å². The van der Waals surface area contributed by atoms with Crippen LogP contribution < -0.4 is 10.2 Å². The molecule has 1 unspecified atom stereocenters. The highest BCUT2D eigenvalue weighted by molar-refractivity contribution is 7.15. The van der Waals surface area contributed by atoms with Crippen LogP contribution in [-0.2, 0) is 14.3 Å². The fourth-order valence-corrected chi connectivity index (χ4v) is 4.71. The summed E-state index contributed by atoms with van der Waals surface area (Å²) in [7, 11) is 0. The van der Waals surface area contributed by atoms with Gasteiger partial charge in [-0.3, -0.25) is 14.9 Å². The number of aromatic nitrogens is 3. The topological polar surface area (TPSA) is 106 Å². The predicted molar refractivity (Wildman–Crippen MR) is 128 cm³/mol. The number of esters is 1. The maximum absolute atomic E-state index is 12.9. The van der Waals surface area contributed by atoms with Crippen LogP contribution >= 0.6 is 11.3 Å². The number of benzene rings is 2. The second kappa shape index (κ2) is 9.06. The van der Waals surface area contributed by atoms with Crippen molar-refractivity contribution in [2.45, 2.75) is 13.3 Å². The van der Waals surface area contributed by atoms with E-state index in [0.29, 0.717) is 22.8 Å². The third-order valence-electron chi connectivity index (χ3n) is 5.57. The molecule has 0 aliphatic carbocycles. The summed E-state index contributed by atoms with van der Waals surface area (Å²) >= 11 is 1.44. The Morgan fingerprint density at radius 2 is 1.91 bits per heavy atom. The van der Waals surface area contributed by atoms with Crippen molar-refractivity contribution in [3.8, 4) is 11.3 Å². The number of nitrogens with zero attached hydrogens (tertiary/aromatic N) is 4. The SMILES string of the molecule is CCOC(=O)c1ccc(N2CC(C(=O)Nc3nc4scc(-c5ccccc5)n4n3)CC2=O)cc1. The van der Waals surface area contributed by atoms with Crippen LogP contribution in [0.4, 0.5) is 11.6 Å². The van der Waals surface area contributed by atoms with Gasteiger partial charge < -0.3 is 9.64 Å².